The molecule has 1 aliphatic rings. The quantitative estimate of drug-likeness (QED) is 0.370. The van der Waals surface area contributed by atoms with Gasteiger partial charge in [-0.25, -0.2) is 9.69 Å². The van der Waals surface area contributed by atoms with Crippen LogP contribution < -0.4 is 10.6 Å². The van der Waals surface area contributed by atoms with Gasteiger partial charge in [0.05, 0.1) is 0 Å². The smallest absolute Gasteiger partial charge is 0.324 e. The molecule has 0 spiro atoms. The molecule has 8 heteroatoms. The molecule has 0 aliphatic carbocycles. The molecule has 2 heterocycles. The van der Waals surface area contributed by atoms with Crippen LogP contribution in [0.2, 0.25) is 5.02 Å². The Kier molecular flexibility index (Phi) is 6.80. The maximum Gasteiger partial charge on any atom is 0.329 e. The number of anilines is 1. The highest BCUT2D eigenvalue weighted by molar-refractivity contribution is 6.30. The van der Waals surface area contributed by atoms with Crippen LogP contribution in [0.15, 0.2) is 54.2 Å². The highest BCUT2D eigenvalue weighted by atomic mass is 35.5. The molecule has 1 aliphatic heterocycles. The lowest BCUT2D eigenvalue weighted by Crippen LogP contribution is -2.38. The number of hydrogen-bond acceptors (Lipinski definition) is 3. The molecule has 0 saturated carbocycles. The fourth-order valence-corrected chi connectivity index (χ4v) is 4.45. The van der Waals surface area contributed by atoms with Crippen LogP contribution in [0.1, 0.15) is 35.0 Å². The predicted molar refractivity (Wildman–Crippen MR) is 138 cm³/mol. The highest BCUT2D eigenvalue weighted by Crippen LogP contribution is 2.27. The van der Waals surface area contributed by atoms with Gasteiger partial charge in [0.25, 0.3) is 5.91 Å². The number of amides is 4. The second-order valence-electron chi connectivity index (χ2n) is 8.53. The van der Waals surface area contributed by atoms with E-state index in [9.17, 15) is 14.4 Å². The van der Waals surface area contributed by atoms with Crippen molar-refractivity contribution in [2.45, 2.75) is 34.1 Å². The first-order chi connectivity index (χ1) is 16.7. The van der Waals surface area contributed by atoms with Gasteiger partial charge >= 0.3 is 6.03 Å². The molecule has 2 N–H and O–H groups in total. The van der Waals surface area contributed by atoms with Crippen LogP contribution in [0.4, 0.5) is 10.5 Å². The minimum Gasteiger partial charge on any atom is -0.324 e. The average molecular weight is 491 g/mol. The number of halogens is 1. The summed E-state index contributed by atoms with van der Waals surface area (Å²) in [5, 5.41) is 6.03. The number of carbonyl (C=O) groups excluding carboxylic acids is 3. The van der Waals surface area contributed by atoms with E-state index in [1.54, 1.807) is 12.1 Å². The number of hydrogen-bond donors (Lipinski definition) is 2. The fraction of sp³-hybridized carbons (Fsp3) is 0.222. The Balaban J connectivity index is 1.55. The van der Waals surface area contributed by atoms with Gasteiger partial charge in [0.15, 0.2) is 0 Å². The van der Waals surface area contributed by atoms with Crippen molar-refractivity contribution in [3.8, 4) is 5.69 Å². The van der Waals surface area contributed by atoms with Crippen LogP contribution in [-0.4, -0.2) is 33.9 Å². The van der Waals surface area contributed by atoms with E-state index in [1.807, 2.05) is 70.2 Å². The number of aromatic nitrogens is 1. The Morgan fingerprint density at radius 1 is 1.09 bits per heavy atom. The van der Waals surface area contributed by atoms with E-state index in [2.05, 4.69) is 15.2 Å². The molecule has 0 radical (unpaired) electrons. The number of aryl methyl sites for hydroxylation is 3. The van der Waals surface area contributed by atoms with E-state index in [0.29, 0.717) is 10.7 Å². The lowest BCUT2D eigenvalue weighted by atomic mass is 10.1. The number of benzene rings is 2. The maximum absolute atomic E-state index is 13.0. The predicted octanol–water partition coefficient (Wildman–Crippen LogP) is 5.15. The zero-order valence-corrected chi connectivity index (χ0v) is 20.9. The third-order valence-corrected chi connectivity index (χ3v) is 6.35. The van der Waals surface area contributed by atoms with Crippen LogP contribution >= 0.6 is 11.6 Å². The van der Waals surface area contributed by atoms with Crippen LogP contribution in [0.3, 0.4) is 0 Å². The highest BCUT2D eigenvalue weighted by Gasteiger charge is 2.35. The van der Waals surface area contributed by atoms with E-state index in [1.165, 1.54) is 0 Å². The van der Waals surface area contributed by atoms with Gasteiger partial charge in [-0.3, -0.25) is 9.59 Å². The van der Waals surface area contributed by atoms with Crippen LogP contribution in [0.5, 0.6) is 0 Å². The lowest BCUT2D eigenvalue weighted by Gasteiger charge is -2.14. The van der Waals surface area contributed by atoms with Gasteiger partial charge in [-0.2, -0.15) is 0 Å². The summed E-state index contributed by atoms with van der Waals surface area (Å²) in [6.07, 6.45) is 2.39. The summed E-state index contributed by atoms with van der Waals surface area (Å²) < 4.78 is 2.06. The molecular weight excluding hydrogens is 464 g/mol. The maximum atomic E-state index is 13.0. The zero-order valence-electron chi connectivity index (χ0n) is 20.1. The molecule has 35 heavy (non-hydrogen) atoms. The molecule has 0 unspecified atom stereocenters. The number of imide groups is 1. The van der Waals surface area contributed by atoms with Gasteiger partial charge < -0.3 is 15.2 Å². The summed E-state index contributed by atoms with van der Waals surface area (Å²) in [4.78, 5) is 39.0. The largest absolute Gasteiger partial charge is 0.329 e. The van der Waals surface area contributed by atoms with Crippen molar-refractivity contribution >= 4 is 41.2 Å². The summed E-state index contributed by atoms with van der Waals surface area (Å²) >= 11 is 6.22. The number of urea groups is 1. The molecule has 0 bridgehead atoms. The summed E-state index contributed by atoms with van der Waals surface area (Å²) in [5.41, 5.74) is 6.42. The standard InChI is InChI=1S/C27H27ClN4O3/c1-5-19-8-6-7-9-22(19)29-25(33)15-31-26(34)23(30-27(31)35)13-20-12-17(3)32(18(20)4)24-14-21(28)11-10-16(24)2/h6-14H,5,15H2,1-4H3,(H,29,33)(H,30,35)/b23-13+. The molecule has 180 valence electrons. The minimum atomic E-state index is -0.625. The topological polar surface area (TPSA) is 83.4 Å². The van der Waals surface area contributed by atoms with Crippen LogP contribution in [0.25, 0.3) is 11.8 Å². The third-order valence-electron chi connectivity index (χ3n) is 6.12. The number of rotatable bonds is 6. The number of nitrogens with one attached hydrogen (secondary N) is 2. The lowest BCUT2D eigenvalue weighted by molar-refractivity contribution is -0.127. The average Bonchev–Trinajstić information content (AvgIpc) is 3.24. The molecule has 3 aromatic rings. The minimum absolute atomic E-state index is 0.125. The Bertz CT molecular complexity index is 1370. The Hall–Kier alpha value is -3.84. The molecular formula is C27H27ClN4O3. The van der Waals surface area contributed by atoms with E-state index in [4.69, 9.17) is 11.6 Å². The van der Waals surface area contributed by atoms with Gasteiger partial charge in [-0.1, -0.05) is 42.8 Å². The summed E-state index contributed by atoms with van der Waals surface area (Å²) in [6.45, 7) is 7.53. The number of nitrogens with zero attached hydrogens (tertiary/aromatic N) is 2. The van der Waals surface area contributed by atoms with Crippen molar-refractivity contribution in [1.29, 1.82) is 0 Å². The number of para-hydroxylation sites is 1. The molecule has 1 saturated heterocycles. The Morgan fingerprint density at radius 3 is 2.57 bits per heavy atom. The molecule has 1 fully saturated rings. The molecule has 4 rings (SSSR count). The molecule has 1 aromatic heterocycles. The molecule has 4 amide bonds. The van der Waals surface area contributed by atoms with Gasteiger partial charge in [0.2, 0.25) is 5.91 Å². The van der Waals surface area contributed by atoms with Gasteiger partial charge in [-0.05, 0) is 74.2 Å². The second-order valence-corrected chi connectivity index (χ2v) is 8.97. The van der Waals surface area contributed by atoms with Gasteiger partial charge in [-0.15, -0.1) is 0 Å². The van der Waals surface area contributed by atoms with Crippen molar-refractivity contribution in [3.63, 3.8) is 0 Å². The van der Waals surface area contributed by atoms with E-state index in [0.717, 1.165) is 45.1 Å². The van der Waals surface area contributed by atoms with Crippen molar-refractivity contribution < 1.29 is 14.4 Å². The third kappa shape index (κ3) is 4.86. The van der Waals surface area contributed by atoms with Gasteiger partial charge in [0, 0.05) is 27.8 Å². The van der Waals surface area contributed by atoms with Crippen molar-refractivity contribution in [3.05, 3.63) is 87.3 Å². The molecule has 7 nitrogen and oxygen atoms in total. The monoisotopic (exact) mass is 490 g/mol. The first-order valence-electron chi connectivity index (χ1n) is 11.4. The molecule has 0 atom stereocenters. The normalized spacial score (nSPS) is 14.5. The van der Waals surface area contributed by atoms with Crippen molar-refractivity contribution in [2.75, 3.05) is 11.9 Å². The summed E-state index contributed by atoms with van der Waals surface area (Å²) in [6, 6.07) is 14.5. The van der Waals surface area contributed by atoms with E-state index >= 15 is 0 Å². The Labute approximate surface area is 209 Å². The molecule has 2 aromatic carbocycles. The second kappa shape index (κ2) is 9.80. The summed E-state index contributed by atoms with van der Waals surface area (Å²) in [5.74, 6) is -0.983. The SMILES string of the molecule is CCc1ccccc1NC(=O)CN1C(=O)N/C(=C/c2cc(C)n(-c3cc(Cl)ccc3C)c2C)C1=O. The van der Waals surface area contributed by atoms with E-state index in [-0.39, 0.29) is 12.2 Å². The van der Waals surface area contributed by atoms with E-state index < -0.39 is 17.8 Å². The first-order valence-corrected chi connectivity index (χ1v) is 11.7. The number of carbonyl (C=O) groups is 3. The van der Waals surface area contributed by atoms with Crippen molar-refractivity contribution in [2.24, 2.45) is 0 Å². The first kappa shape index (κ1) is 24.3. The zero-order chi connectivity index (χ0) is 25.3. The van der Waals surface area contributed by atoms with Crippen LogP contribution in [-0.2, 0) is 16.0 Å². The Morgan fingerprint density at radius 2 is 1.83 bits per heavy atom. The summed E-state index contributed by atoms with van der Waals surface area (Å²) in [7, 11) is 0. The van der Waals surface area contributed by atoms with Crippen molar-refractivity contribution in [1.82, 2.24) is 14.8 Å². The van der Waals surface area contributed by atoms with Crippen LogP contribution in [0, 0.1) is 20.8 Å². The van der Waals surface area contributed by atoms with Gasteiger partial charge in [0.1, 0.15) is 12.2 Å². The fourth-order valence-electron chi connectivity index (χ4n) is 4.28.